The minimum absolute atomic E-state index is 0.167. The molecule has 0 radical (unpaired) electrons. The van der Waals surface area contributed by atoms with Crippen LogP contribution in [0.2, 0.25) is 0 Å². The maximum absolute atomic E-state index is 13.3. The first kappa shape index (κ1) is 27.3. The molecule has 3 amide bonds. The van der Waals surface area contributed by atoms with Gasteiger partial charge in [-0.2, -0.15) is 0 Å². The van der Waals surface area contributed by atoms with Crippen LogP contribution in [0.25, 0.3) is 10.9 Å². The van der Waals surface area contributed by atoms with E-state index in [4.69, 9.17) is 11.5 Å². The number of likely N-dealkylation sites (tertiary alicyclic amines) is 1. The molecule has 0 spiro atoms. The van der Waals surface area contributed by atoms with Crippen molar-refractivity contribution < 1.29 is 14.4 Å². The number of amides is 3. The van der Waals surface area contributed by atoms with E-state index in [1.165, 1.54) is 0 Å². The lowest BCUT2D eigenvalue weighted by Crippen LogP contribution is -2.43. The van der Waals surface area contributed by atoms with Crippen molar-refractivity contribution in [3.8, 4) is 0 Å². The summed E-state index contributed by atoms with van der Waals surface area (Å²) in [4.78, 5) is 51.2. The van der Waals surface area contributed by atoms with Crippen molar-refractivity contribution >= 4 is 28.6 Å². The Labute approximate surface area is 222 Å². The molecule has 0 saturated carbocycles. The Morgan fingerprint density at radius 2 is 1.74 bits per heavy atom. The number of H-pyrrole nitrogens is 2. The first-order chi connectivity index (χ1) is 18.5. The zero-order valence-electron chi connectivity index (χ0n) is 21.6. The van der Waals surface area contributed by atoms with Gasteiger partial charge >= 0.3 is 0 Å². The Hall–Kier alpha value is -3.70. The highest BCUT2D eigenvalue weighted by Gasteiger charge is 2.44. The number of imidazole rings is 1. The number of benzene rings is 1. The lowest BCUT2D eigenvalue weighted by Gasteiger charge is -2.20. The fraction of sp³-hybridized carbons (Fsp3) is 0.481. The maximum atomic E-state index is 13.3. The van der Waals surface area contributed by atoms with E-state index >= 15 is 0 Å². The Balaban J connectivity index is 1.37. The number of fused-ring (bicyclic) bond motifs is 1. The van der Waals surface area contributed by atoms with Gasteiger partial charge in [-0.3, -0.25) is 14.4 Å². The van der Waals surface area contributed by atoms with Gasteiger partial charge in [0.1, 0.15) is 0 Å². The number of rotatable bonds is 13. The molecular formula is C27H38N8O3. The SMILES string of the molecule is NCCCC[C@H](N)C(=O)N1C[C@@H](C(=O)NCCc2cnc[nH]2)[C@H](C(=O)NCCc2c[nH]c3ccccc23)C1. The number of carbonyl (C=O) groups is 3. The summed E-state index contributed by atoms with van der Waals surface area (Å²) in [5.74, 6) is -2.00. The van der Waals surface area contributed by atoms with Crippen molar-refractivity contribution in [3.63, 3.8) is 0 Å². The van der Waals surface area contributed by atoms with Gasteiger partial charge in [-0.1, -0.05) is 24.6 Å². The summed E-state index contributed by atoms with van der Waals surface area (Å²) >= 11 is 0. The molecule has 1 aliphatic rings. The Morgan fingerprint density at radius 1 is 1.03 bits per heavy atom. The number of nitrogens with one attached hydrogen (secondary N) is 4. The topological polar surface area (TPSA) is 175 Å². The molecule has 11 heteroatoms. The summed E-state index contributed by atoms with van der Waals surface area (Å²) in [7, 11) is 0. The highest BCUT2D eigenvalue weighted by atomic mass is 16.2. The van der Waals surface area contributed by atoms with Gasteiger partial charge in [0.05, 0.1) is 24.2 Å². The van der Waals surface area contributed by atoms with Crippen LogP contribution in [0.5, 0.6) is 0 Å². The maximum Gasteiger partial charge on any atom is 0.239 e. The van der Waals surface area contributed by atoms with E-state index < -0.39 is 17.9 Å². The molecule has 2 aromatic heterocycles. The molecule has 1 fully saturated rings. The number of nitrogens with two attached hydrogens (primary N) is 2. The van der Waals surface area contributed by atoms with Crippen LogP contribution in [0.4, 0.5) is 0 Å². The fourth-order valence-corrected chi connectivity index (χ4v) is 5.04. The number of para-hydroxylation sites is 1. The zero-order valence-corrected chi connectivity index (χ0v) is 21.6. The van der Waals surface area contributed by atoms with Gasteiger partial charge in [0.25, 0.3) is 0 Å². The second kappa shape index (κ2) is 13.2. The van der Waals surface area contributed by atoms with Gasteiger partial charge in [0.15, 0.2) is 0 Å². The van der Waals surface area contributed by atoms with Gasteiger partial charge in [-0.05, 0) is 37.4 Å². The van der Waals surface area contributed by atoms with Crippen LogP contribution in [0.3, 0.4) is 0 Å². The summed E-state index contributed by atoms with van der Waals surface area (Å²) < 4.78 is 0. The molecule has 8 N–H and O–H groups in total. The number of hydrogen-bond acceptors (Lipinski definition) is 6. The molecule has 1 aromatic carbocycles. The molecule has 4 rings (SSSR count). The fourth-order valence-electron chi connectivity index (χ4n) is 5.04. The first-order valence-electron chi connectivity index (χ1n) is 13.3. The van der Waals surface area contributed by atoms with E-state index in [-0.39, 0.29) is 30.8 Å². The van der Waals surface area contributed by atoms with Crippen molar-refractivity contribution in [1.29, 1.82) is 0 Å². The molecule has 1 aliphatic heterocycles. The smallest absolute Gasteiger partial charge is 0.239 e. The van der Waals surface area contributed by atoms with Crippen LogP contribution < -0.4 is 22.1 Å². The van der Waals surface area contributed by atoms with Crippen LogP contribution in [-0.2, 0) is 27.2 Å². The number of carbonyl (C=O) groups excluding carboxylic acids is 3. The Bertz CT molecular complexity index is 1210. The molecular weight excluding hydrogens is 484 g/mol. The average molecular weight is 523 g/mol. The van der Waals surface area contributed by atoms with E-state index in [0.29, 0.717) is 38.9 Å². The molecule has 3 aromatic rings. The largest absolute Gasteiger partial charge is 0.361 e. The van der Waals surface area contributed by atoms with E-state index in [9.17, 15) is 14.4 Å². The molecule has 11 nitrogen and oxygen atoms in total. The van der Waals surface area contributed by atoms with Crippen LogP contribution in [0.1, 0.15) is 30.5 Å². The van der Waals surface area contributed by atoms with Gasteiger partial charge in [-0.15, -0.1) is 0 Å². The molecule has 1 saturated heterocycles. The number of nitrogens with zero attached hydrogens (tertiary/aromatic N) is 2. The average Bonchev–Trinajstić information content (AvgIpc) is 3.68. The predicted molar refractivity (Wildman–Crippen MR) is 145 cm³/mol. The number of hydrogen-bond donors (Lipinski definition) is 6. The summed E-state index contributed by atoms with van der Waals surface area (Å²) in [5.41, 5.74) is 14.8. The van der Waals surface area contributed by atoms with Crippen LogP contribution in [0.15, 0.2) is 43.0 Å². The summed E-state index contributed by atoms with van der Waals surface area (Å²) in [5, 5.41) is 7.04. The molecule has 38 heavy (non-hydrogen) atoms. The van der Waals surface area contributed by atoms with Crippen molar-refractivity contribution in [3.05, 3.63) is 54.2 Å². The predicted octanol–water partition coefficient (Wildman–Crippen LogP) is 0.440. The van der Waals surface area contributed by atoms with Gasteiger partial charge in [0, 0.05) is 61.6 Å². The summed E-state index contributed by atoms with van der Waals surface area (Å²) in [6.45, 7) is 1.71. The highest BCUT2D eigenvalue weighted by molar-refractivity contribution is 5.91. The van der Waals surface area contributed by atoms with Crippen molar-refractivity contribution in [2.75, 3.05) is 32.7 Å². The Kier molecular flexibility index (Phi) is 9.50. The van der Waals surface area contributed by atoms with Gasteiger partial charge in [0.2, 0.25) is 17.7 Å². The molecule has 0 bridgehead atoms. The Morgan fingerprint density at radius 3 is 2.42 bits per heavy atom. The monoisotopic (exact) mass is 522 g/mol. The molecule has 3 heterocycles. The van der Waals surface area contributed by atoms with E-state index in [2.05, 4.69) is 25.6 Å². The molecule has 0 unspecified atom stereocenters. The number of aromatic amines is 2. The first-order valence-corrected chi connectivity index (χ1v) is 13.3. The third-order valence-electron chi connectivity index (χ3n) is 7.21. The van der Waals surface area contributed by atoms with Gasteiger partial charge in [-0.25, -0.2) is 4.98 Å². The lowest BCUT2D eigenvalue weighted by atomic mass is 9.94. The van der Waals surface area contributed by atoms with Crippen molar-refractivity contribution in [2.45, 2.75) is 38.1 Å². The third kappa shape index (κ3) is 6.78. The number of aromatic nitrogens is 3. The van der Waals surface area contributed by atoms with Crippen molar-refractivity contribution in [1.82, 2.24) is 30.5 Å². The van der Waals surface area contributed by atoms with Crippen molar-refractivity contribution in [2.24, 2.45) is 23.3 Å². The highest BCUT2D eigenvalue weighted by Crippen LogP contribution is 2.25. The van der Waals surface area contributed by atoms with Gasteiger partial charge < -0.3 is 37.0 Å². The minimum atomic E-state index is -0.672. The second-order valence-electron chi connectivity index (χ2n) is 9.87. The van der Waals surface area contributed by atoms with E-state index in [1.807, 2.05) is 30.5 Å². The van der Waals surface area contributed by atoms with Crippen LogP contribution in [-0.4, -0.2) is 76.3 Å². The summed E-state index contributed by atoms with van der Waals surface area (Å²) in [6.07, 6.45) is 8.57. The standard InChI is InChI=1S/C27H38N8O3/c28-10-4-3-6-23(29)27(38)35-15-21(22(16-35)26(37)32-12-9-19-14-30-17-34-19)25(36)31-11-8-18-13-33-24-7-2-1-5-20(18)24/h1-2,5,7,13-14,17,21-23,33H,3-4,6,8-12,15-16,28-29H2,(H,30,34)(H,31,36)(H,32,37)/t21-,22-,23+/m1/s1. The minimum Gasteiger partial charge on any atom is -0.361 e. The van der Waals surface area contributed by atoms with E-state index in [0.717, 1.165) is 35.0 Å². The third-order valence-corrected chi connectivity index (χ3v) is 7.21. The second-order valence-corrected chi connectivity index (χ2v) is 9.87. The van der Waals surface area contributed by atoms with E-state index in [1.54, 1.807) is 17.4 Å². The molecule has 204 valence electrons. The van der Waals surface area contributed by atoms with Crippen LogP contribution in [0, 0.1) is 11.8 Å². The molecule has 0 aliphatic carbocycles. The van der Waals surface area contributed by atoms with Crippen LogP contribution >= 0.6 is 0 Å². The zero-order chi connectivity index (χ0) is 26.9. The molecule has 3 atom stereocenters. The summed E-state index contributed by atoms with van der Waals surface area (Å²) in [6, 6.07) is 7.34. The normalized spacial score (nSPS) is 18.0. The number of unbranched alkanes of at least 4 members (excludes halogenated alkanes) is 1. The quantitative estimate of drug-likeness (QED) is 0.178. The lowest BCUT2D eigenvalue weighted by molar-refractivity contribution is -0.132.